The first kappa shape index (κ1) is 12.8. The average Bonchev–Trinajstić information content (AvgIpc) is 2.70. The summed E-state index contributed by atoms with van der Waals surface area (Å²) in [5.74, 6) is 0.0286. The molecule has 0 fully saturated rings. The first-order chi connectivity index (χ1) is 9.66. The number of carbonyl (C=O) groups is 2. The number of carbonyl (C=O) groups excluding carboxylic acids is 2. The number of amides is 2. The molecular formula is C14H10BrN3O2. The van der Waals surface area contributed by atoms with Crippen LogP contribution in [0, 0.1) is 0 Å². The number of halogens is 1. The van der Waals surface area contributed by atoms with Crippen LogP contribution in [-0.2, 0) is 0 Å². The smallest absolute Gasteiger partial charge is 0.263 e. The lowest BCUT2D eigenvalue weighted by Crippen LogP contribution is -2.34. The Kier molecular flexibility index (Phi) is 3.23. The number of rotatable bonds is 3. The normalized spacial score (nSPS) is 13.6. The van der Waals surface area contributed by atoms with E-state index >= 15 is 0 Å². The minimum absolute atomic E-state index is 0.0982. The van der Waals surface area contributed by atoms with Gasteiger partial charge < -0.3 is 5.32 Å². The number of pyridine rings is 1. The molecule has 0 saturated heterocycles. The highest BCUT2D eigenvalue weighted by molar-refractivity contribution is 9.10. The molecule has 1 aliphatic rings. The minimum atomic E-state index is -0.297. The Morgan fingerprint density at radius 2 is 1.90 bits per heavy atom. The van der Waals surface area contributed by atoms with Gasteiger partial charge in [-0.3, -0.25) is 14.5 Å². The second kappa shape index (κ2) is 5.05. The van der Waals surface area contributed by atoms with Crippen LogP contribution in [-0.4, -0.2) is 28.4 Å². The van der Waals surface area contributed by atoms with Gasteiger partial charge in [0.25, 0.3) is 11.8 Å². The zero-order chi connectivity index (χ0) is 14.1. The Bertz CT molecular complexity index is 688. The molecule has 0 radical (unpaired) electrons. The van der Waals surface area contributed by atoms with Gasteiger partial charge in [0.15, 0.2) is 0 Å². The molecule has 20 heavy (non-hydrogen) atoms. The molecule has 0 spiro atoms. The van der Waals surface area contributed by atoms with Crippen molar-refractivity contribution in [3.05, 3.63) is 58.2 Å². The summed E-state index contributed by atoms with van der Waals surface area (Å²) in [7, 11) is 0. The van der Waals surface area contributed by atoms with Crippen LogP contribution in [0.3, 0.4) is 0 Å². The quantitative estimate of drug-likeness (QED) is 0.878. The Morgan fingerprint density at radius 1 is 1.10 bits per heavy atom. The van der Waals surface area contributed by atoms with E-state index in [4.69, 9.17) is 0 Å². The largest absolute Gasteiger partial charge is 0.352 e. The van der Waals surface area contributed by atoms with Gasteiger partial charge in [0.05, 0.1) is 17.8 Å². The van der Waals surface area contributed by atoms with Gasteiger partial charge in [-0.25, -0.2) is 4.98 Å². The monoisotopic (exact) mass is 331 g/mol. The first-order valence-electron chi connectivity index (χ1n) is 5.97. The van der Waals surface area contributed by atoms with Crippen molar-refractivity contribution in [1.82, 2.24) is 9.88 Å². The van der Waals surface area contributed by atoms with Crippen molar-refractivity contribution in [3.8, 4) is 0 Å². The van der Waals surface area contributed by atoms with Crippen LogP contribution >= 0.6 is 15.9 Å². The number of nitrogens with zero attached hydrogens (tertiary/aromatic N) is 2. The van der Waals surface area contributed by atoms with Gasteiger partial charge in [-0.05, 0) is 30.3 Å². The fourth-order valence-corrected chi connectivity index (χ4v) is 2.40. The molecule has 2 aromatic rings. The highest BCUT2D eigenvalue weighted by atomic mass is 79.9. The Hall–Kier alpha value is -2.21. The summed E-state index contributed by atoms with van der Waals surface area (Å²) in [6.07, 6.45) is 1.64. The summed E-state index contributed by atoms with van der Waals surface area (Å²) in [5.41, 5.74) is 0.855. The van der Waals surface area contributed by atoms with Crippen LogP contribution in [0.5, 0.6) is 0 Å². The molecule has 1 aromatic heterocycles. The number of imide groups is 1. The van der Waals surface area contributed by atoms with Crippen LogP contribution in [0.4, 0.5) is 5.82 Å². The molecular weight excluding hydrogens is 322 g/mol. The second-order valence-electron chi connectivity index (χ2n) is 4.28. The number of hydrogen-bond acceptors (Lipinski definition) is 4. The fraction of sp³-hybridized carbons (Fsp3) is 0.0714. The Labute approximate surface area is 123 Å². The fourth-order valence-electron chi connectivity index (χ4n) is 2.03. The third kappa shape index (κ3) is 2.18. The van der Waals surface area contributed by atoms with Gasteiger partial charge in [0, 0.05) is 10.7 Å². The van der Waals surface area contributed by atoms with E-state index in [1.54, 1.807) is 36.5 Å². The molecule has 1 N–H and O–H groups in total. The zero-order valence-corrected chi connectivity index (χ0v) is 11.9. The van der Waals surface area contributed by atoms with Crippen LogP contribution in [0.1, 0.15) is 20.7 Å². The van der Waals surface area contributed by atoms with Gasteiger partial charge in [-0.2, -0.15) is 0 Å². The van der Waals surface area contributed by atoms with Crippen molar-refractivity contribution in [3.63, 3.8) is 0 Å². The summed E-state index contributed by atoms with van der Waals surface area (Å²) in [6, 6.07) is 10.5. The van der Waals surface area contributed by atoms with Crippen LogP contribution < -0.4 is 5.32 Å². The van der Waals surface area contributed by atoms with Crippen LogP contribution in [0.2, 0.25) is 0 Å². The predicted molar refractivity (Wildman–Crippen MR) is 77.4 cm³/mol. The number of anilines is 1. The van der Waals surface area contributed by atoms with Crippen molar-refractivity contribution in [2.75, 3.05) is 12.0 Å². The summed E-state index contributed by atoms with van der Waals surface area (Å²) >= 11 is 3.30. The number of fused-ring (bicyclic) bond motifs is 1. The predicted octanol–water partition coefficient (Wildman–Crippen LogP) is 2.51. The maximum Gasteiger partial charge on any atom is 0.263 e. The van der Waals surface area contributed by atoms with E-state index in [1.165, 1.54) is 4.90 Å². The lowest BCUT2D eigenvalue weighted by molar-refractivity contribution is 0.0665. The molecule has 0 aliphatic carbocycles. The molecule has 1 aromatic carbocycles. The number of aromatic nitrogens is 1. The highest BCUT2D eigenvalue weighted by Crippen LogP contribution is 2.25. The lowest BCUT2D eigenvalue weighted by Gasteiger charge is -2.14. The molecule has 5 nitrogen and oxygen atoms in total. The first-order valence-corrected chi connectivity index (χ1v) is 6.77. The van der Waals surface area contributed by atoms with E-state index in [-0.39, 0.29) is 18.5 Å². The average molecular weight is 332 g/mol. The van der Waals surface area contributed by atoms with Gasteiger partial charge >= 0.3 is 0 Å². The summed E-state index contributed by atoms with van der Waals surface area (Å²) in [5, 5.41) is 2.96. The van der Waals surface area contributed by atoms with Gasteiger partial charge in [-0.1, -0.05) is 22.0 Å². The standard InChI is InChI=1S/C14H10BrN3O2/c15-9-4-5-10-11(7-9)14(20)18(13(10)19)8-17-12-3-1-2-6-16-12/h1-7H,8H2,(H,16,17). The zero-order valence-electron chi connectivity index (χ0n) is 10.3. The molecule has 0 saturated carbocycles. The molecule has 6 heteroatoms. The SMILES string of the molecule is O=C1c2ccc(Br)cc2C(=O)N1CNc1ccccn1. The van der Waals surface area contributed by atoms with E-state index < -0.39 is 0 Å². The molecule has 1 aliphatic heterocycles. The van der Waals surface area contributed by atoms with Gasteiger partial charge in [-0.15, -0.1) is 0 Å². The third-order valence-electron chi connectivity index (χ3n) is 3.02. The molecule has 2 amide bonds. The molecule has 2 heterocycles. The van der Waals surface area contributed by atoms with E-state index in [1.807, 2.05) is 6.07 Å². The van der Waals surface area contributed by atoms with E-state index in [0.29, 0.717) is 16.9 Å². The maximum absolute atomic E-state index is 12.2. The van der Waals surface area contributed by atoms with Crippen LogP contribution in [0.25, 0.3) is 0 Å². The molecule has 3 rings (SSSR count). The van der Waals surface area contributed by atoms with E-state index in [2.05, 4.69) is 26.2 Å². The van der Waals surface area contributed by atoms with Crippen molar-refractivity contribution < 1.29 is 9.59 Å². The van der Waals surface area contributed by atoms with Crippen molar-refractivity contribution >= 4 is 33.6 Å². The van der Waals surface area contributed by atoms with E-state index in [9.17, 15) is 9.59 Å². The molecule has 0 unspecified atom stereocenters. The van der Waals surface area contributed by atoms with Crippen LogP contribution in [0.15, 0.2) is 47.1 Å². The second-order valence-corrected chi connectivity index (χ2v) is 5.19. The Balaban J connectivity index is 1.80. The molecule has 100 valence electrons. The van der Waals surface area contributed by atoms with E-state index in [0.717, 1.165) is 4.47 Å². The topological polar surface area (TPSA) is 62.3 Å². The summed E-state index contributed by atoms with van der Waals surface area (Å²) < 4.78 is 0.775. The number of benzene rings is 1. The molecule has 0 bridgehead atoms. The summed E-state index contributed by atoms with van der Waals surface area (Å²) in [6.45, 7) is 0.0982. The number of hydrogen-bond donors (Lipinski definition) is 1. The third-order valence-corrected chi connectivity index (χ3v) is 3.51. The lowest BCUT2D eigenvalue weighted by atomic mass is 10.1. The van der Waals surface area contributed by atoms with Gasteiger partial charge in [0.1, 0.15) is 5.82 Å². The maximum atomic E-state index is 12.2. The number of nitrogens with one attached hydrogen (secondary N) is 1. The molecule has 0 atom stereocenters. The van der Waals surface area contributed by atoms with Crippen molar-refractivity contribution in [2.24, 2.45) is 0 Å². The highest BCUT2D eigenvalue weighted by Gasteiger charge is 2.35. The van der Waals surface area contributed by atoms with Crippen molar-refractivity contribution in [1.29, 1.82) is 0 Å². The van der Waals surface area contributed by atoms with Gasteiger partial charge in [0.2, 0.25) is 0 Å². The van der Waals surface area contributed by atoms with Crippen molar-refractivity contribution in [2.45, 2.75) is 0 Å². The Morgan fingerprint density at radius 3 is 2.65 bits per heavy atom. The summed E-state index contributed by atoms with van der Waals surface area (Å²) in [4.78, 5) is 29.6. The minimum Gasteiger partial charge on any atom is -0.352 e.